The Morgan fingerprint density at radius 2 is 1.67 bits per heavy atom. The summed E-state index contributed by atoms with van der Waals surface area (Å²) in [7, 11) is -4.01. The molecule has 0 aliphatic rings. The fraction of sp³-hybridized carbons (Fsp3) is 0.174. The number of sulfonamides is 1. The predicted octanol–water partition coefficient (Wildman–Crippen LogP) is 5.61. The van der Waals surface area contributed by atoms with Crippen molar-refractivity contribution in [2.24, 2.45) is 0 Å². The Balaban J connectivity index is 1.82. The monoisotopic (exact) mass is 477 g/mol. The first-order valence-corrected chi connectivity index (χ1v) is 11.5. The Morgan fingerprint density at radius 3 is 2.27 bits per heavy atom. The first-order chi connectivity index (χ1) is 15.6. The molecule has 0 radical (unpaired) electrons. The lowest BCUT2D eigenvalue weighted by molar-refractivity contribution is -0.137. The fourth-order valence-corrected chi connectivity index (χ4v) is 4.55. The van der Waals surface area contributed by atoms with Gasteiger partial charge in [0.25, 0.3) is 10.0 Å². The Labute approximate surface area is 187 Å². The molecular weight excluding hydrogens is 458 g/mol. The highest BCUT2D eigenvalue weighted by atomic mass is 32.2. The zero-order valence-electron chi connectivity index (χ0n) is 17.4. The van der Waals surface area contributed by atoms with Crippen LogP contribution in [0.1, 0.15) is 23.6 Å². The van der Waals surface area contributed by atoms with Crippen molar-refractivity contribution in [3.8, 4) is 0 Å². The number of alkyl halides is 3. The molecule has 5 nitrogen and oxygen atoms in total. The minimum atomic E-state index is -4.48. The van der Waals surface area contributed by atoms with E-state index in [4.69, 9.17) is 0 Å². The number of benzene rings is 3. The zero-order valence-corrected chi connectivity index (χ0v) is 18.2. The largest absolute Gasteiger partial charge is 0.416 e. The molecule has 1 aromatic heterocycles. The van der Waals surface area contributed by atoms with Crippen molar-refractivity contribution in [2.45, 2.75) is 31.0 Å². The second-order valence-electron chi connectivity index (χ2n) is 7.42. The van der Waals surface area contributed by atoms with Crippen LogP contribution in [0, 0.1) is 5.82 Å². The molecule has 0 fully saturated rings. The van der Waals surface area contributed by atoms with Gasteiger partial charge in [0.1, 0.15) is 5.82 Å². The lowest BCUT2D eigenvalue weighted by Crippen LogP contribution is -2.17. The highest BCUT2D eigenvalue weighted by molar-refractivity contribution is 7.92. The molecule has 4 aromatic rings. The number of nitrogens with one attached hydrogen (secondary N) is 1. The molecule has 1 N–H and O–H groups in total. The molecule has 0 atom stereocenters. The van der Waals surface area contributed by atoms with Crippen LogP contribution < -0.4 is 4.72 Å². The summed E-state index contributed by atoms with van der Waals surface area (Å²) >= 11 is 0. The zero-order chi connectivity index (χ0) is 23.8. The summed E-state index contributed by atoms with van der Waals surface area (Å²) in [6.07, 6.45) is -4.02. The lowest BCUT2D eigenvalue weighted by atomic mass is 10.1. The molecule has 33 heavy (non-hydrogen) atoms. The molecule has 1 heterocycles. The van der Waals surface area contributed by atoms with E-state index in [1.165, 1.54) is 41.0 Å². The van der Waals surface area contributed by atoms with Gasteiger partial charge in [0, 0.05) is 0 Å². The molecule has 3 aromatic carbocycles. The second-order valence-corrected chi connectivity index (χ2v) is 9.10. The molecule has 172 valence electrons. The molecular formula is C23H19F4N3O2S. The van der Waals surface area contributed by atoms with E-state index in [1.54, 1.807) is 18.2 Å². The van der Waals surface area contributed by atoms with Gasteiger partial charge < -0.3 is 4.57 Å². The smallest absolute Gasteiger partial charge is 0.305 e. The number of hydrogen-bond donors (Lipinski definition) is 1. The van der Waals surface area contributed by atoms with Crippen LogP contribution in [0.25, 0.3) is 11.0 Å². The van der Waals surface area contributed by atoms with Crippen molar-refractivity contribution in [1.29, 1.82) is 0 Å². The summed E-state index contributed by atoms with van der Waals surface area (Å²) in [5.74, 6) is -0.584. The maximum Gasteiger partial charge on any atom is 0.416 e. The maximum absolute atomic E-state index is 14.3. The second kappa shape index (κ2) is 8.51. The van der Waals surface area contributed by atoms with E-state index >= 15 is 0 Å². The van der Waals surface area contributed by atoms with E-state index in [9.17, 15) is 26.0 Å². The van der Waals surface area contributed by atoms with Crippen molar-refractivity contribution >= 4 is 27.0 Å². The van der Waals surface area contributed by atoms with Crippen LogP contribution in [0.15, 0.2) is 71.6 Å². The quantitative estimate of drug-likeness (QED) is 0.368. The number of aromatic nitrogens is 2. The number of anilines is 1. The van der Waals surface area contributed by atoms with Gasteiger partial charge >= 0.3 is 6.18 Å². The highest BCUT2D eigenvalue weighted by Gasteiger charge is 2.30. The number of aryl methyl sites for hydroxylation is 1. The van der Waals surface area contributed by atoms with Crippen molar-refractivity contribution in [3.63, 3.8) is 0 Å². The average Bonchev–Trinajstić information content (AvgIpc) is 3.09. The van der Waals surface area contributed by atoms with Gasteiger partial charge in [-0.1, -0.05) is 37.3 Å². The number of fused-ring (bicyclic) bond motifs is 1. The SMILES string of the molecule is CCc1cc(F)cc2c1nc(NS(=O)(=O)c1ccccc1)n2Cc1ccc(C(F)(F)F)cc1. The molecule has 4 rings (SSSR count). The van der Waals surface area contributed by atoms with Gasteiger partial charge in [-0.25, -0.2) is 22.5 Å². The van der Waals surface area contributed by atoms with E-state index in [0.717, 1.165) is 12.1 Å². The highest BCUT2D eigenvalue weighted by Crippen LogP contribution is 2.31. The van der Waals surface area contributed by atoms with E-state index in [1.807, 2.05) is 6.92 Å². The van der Waals surface area contributed by atoms with Gasteiger partial charge in [-0.05, 0) is 53.9 Å². The minimum Gasteiger partial charge on any atom is -0.305 e. The van der Waals surface area contributed by atoms with Crippen molar-refractivity contribution in [1.82, 2.24) is 9.55 Å². The van der Waals surface area contributed by atoms with E-state index in [2.05, 4.69) is 9.71 Å². The number of nitrogens with zero attached hydrogens (tertiary/aromatic N) is 2. The predicted molar refractivity (Wildman–Crippen MR) is 117 cm³/mol. The van der Waals surface area contributed by atoms with Gasteiger partial charge in [0.05, 0.1) is 28.0 Å². The summed E-state index contributed by atoms with van der Waals surface area (Å²) in [4.78, 5) is 4.43. The summed E-state index contributed by atoms with van der Waals surface area (Å²) < 4.78 is 82.7. The van der Waals surface area contributed by atoms with Crippen LogP contribution in [0.5, 0.6) is 0 Å². The molecule has 0 amide bonds. The maximum atomic E-state index is 14.3. The Hall–Kier alpha value is -3.40. The third-order valence-corrected chi connectivity index (χ3v) is 6.52. The summed E-state index contributed by atoms with van der Waals surface area (Å²) in [6, 6.07) is 14.7. The summed E-state index contributed by atoms with van der Waals surface area (Å²) in [5, 5.41) is 0. The van der Waals surface area contributed by atoms with Gasteiger partial charge in [-0.2, -0.15) is 13.2 Å². The van der Waals surface area contributed by atoms with Crippen LogP contribution in [-0.2, 0) is 29.2 Å². The summed E-state index contributed by atoms with van der Waals surface area (Å²) in [6.45, 7) is 1.80. The molecule has 0 aliphatic carbocycles. The number of rotatable bonds is 6. The number of halogens is 4. The van der Waals surface area contributed by atoms with Crippen LogP contribution in [0.4, 0.5) is 23.5 Å². The van der Waals surface area contributed by atoms with Crippen molar-refractivity contribution in [2.75, 3.05) is 4.72 Å². The molecule has 0 aliphatic heterocycles. The Morgan fingerprint density at radius 1 is 1.00 bits per heavy atom. The number of hydrogen-bond acceptors (Lipinski definition) is 3. The first-order valence-electron chi connectivity index (χ1n) is 10.0. The molecule has 0 spiro atoms. The summed E-state index contributed by atoms with van der Waals surface area (Å²) in [5.41, 5.74) is 0.987. The molecule has 0 saturated heterocycles. The number of imidazole rings is 1. The van der Waals surface area contributed by atoms with Gasteiger partial charge in [0.15, 0.2) is 0 Å². The van der Waals surface area contributed by atoms with Crippen LogP contribution >= 0.6 is 0 Å². The van der Waals surface area contributed by atoms with Gasteiger partial charge in [0.2, 0.25) is 5.95 Å². The molecule has 0 saturated carbocycles. The lowest BCUT2D eigenvalue weighted by Gasteiger charge is -2.13. The van der Waals surface area contributed by atoms with E-state index in [-0.39, 0.29) is 17.4 Å². The normalized spacial score (nSPS) is 12.3. The molecule has 10 heteroatoms. The van der Waals surface area contributed by atoms with Gasteiger partial charge in [-0.3, -0.25) is 0 Å². The molecule has 0 bridgehead atoms. The third-order valence-electron chi connectivity index (χ3n) is 5.18. The standard InChI is InChI=1S/C23H19F4N3O2S/c1-2-16-12-18(24)13-20-21(16)28-22(29-33(31,32)19-6-4-3-5-7-19)30(20)14-15-8-10-17(11-9-15)23(25,26)27/h3-13H,2,14H2,1H3,(H,28,29). The third kappa shape index (κ3) is 4.70. The van der Waals surface area contributed by atoms with Crippen LogP contribution in [0.2, 0.25) is 0 Å². The minimum absolute atomic E-state index is 0.0139. The topological polar surface area (TPSA) is 64.0 Å². The fourth-order valence-electron chi connectivity index (χ4n) is 3.52. The van der Waals surface area contributed by atoms with Gasteiger partial charge in [-0.15, -0.1) is 0 Å². The first kappa shape index (κ1) is 22.8. The van der Waals surface area contributed by atoms with Crippen molar-refractivity contribution in [3.05, 3.63) is 89.2 Å². The van der Waals surface area contributed by atoms with Crippen LogP contribution in [0.3, 0.4) is 0 Å². The average molecular weight is 477 g/mol. The molecule has 0 unspecified atom stereocenters. The van der Waals surface area contributed by atoms with Crippen LogP contribution in [-0.4, -0.2) is 18.0 Å². The Kier molecular flexibility index (Phi) is 5.87. The van der Waals surface area contributed by atoms with E-state index in [0.29, 0.717) is 28.6 Å². The van der Waals surface area contributed by atoms with Crippen molar-refractivity contribution < 1.29 is 26.0 Å². The Bertz CT molecular complexity index is 1400. The van der Waals surface area contributed by atoms with E-state index < -0.39 is 27.6 Å².